The molecule has 0 fully saturated rings. The van der Waals surface area contributed by atoms with Gasteiger partial charge in [0.2, 0.25) is 16.0 Å². The Balaban J connectivity index is 2.00. The number of aromatic amines is 1. The highest BCUT2D eigenvalue weighted by Crippen LogP contribution is 2.35. The van der Waals surface area contributed by atoms with Crippen LogP contribution in [0, 0.1) is 0 Å². The Morgan fingerprint density at radius 3 is 2.57 bits per heavy atom. The molecule has 0 aliphatic rings. The van der Waals surface area contributed by atoms with E-state index in [0.29, 0.717) is 52.4 Å². The summed E-state index contributed by atoms with van der Waals surface area (Å²) in [5.74, 6) is 1.08. The van der Waals surface area contributed by atoms with Crippen molar-refractivity contribution in [3.63, 3.8) is 0 Å². The summed E-state index contributed by atoms with van der Waals surface area (Å²) >= 11 is 6.31. The number of anilines is 2. The van der Waals surface area contributed by atoms with E-state index in [1.54, 1.807) is 24.4 Å². The molecular formula is C22H28ClN7O4S. The molecule has 0 bridgehead atoms. The summed E-state index contributed by atoms with van der Waals surface area (Å²) in [6, 6.07) is 6.64. The predicted molar refractivity (Wildman–Crippen MR) is 136 cm³/mol. The summed E-state index contributed by atoms with van der Waals surface area (Å²) in [5.41, 5.74) is 2.39. The fourth-order valence-corrected chi connectivity index (χ4v) is 3.90. The minimum absolute atomic E-state index is 0.299. The van der Waals surface area contributed by atoms with Crippen molar-refractivity contribution in [1.82, 2.24) is 25.3 Å². The lowest BCUT2D eigenvalue weighted by Gasteiger charge is -2.14. The Kier molecular flexibility index (Phi) is 7.86. The van der Waals surface area contributed by atoms with E-state index in [9.17, 15) is 13.2 Å². The minimum atomic E-state index is -3.50. The Hall–Kier alpha value is -3.38. The van der Waals surface area contributed by atoms with Crippen molar-refractivity contribution in [1.29, 1.82) is 0 Å². The maximum atomic E-state index is 11.8. The number of amides is 1. The van der Waals surface area contributed by atoms with Crippen LogP contribution in [-0.2, 0) is 20.2 Å². The van der Waals surface area contributed by atoms with Crippen LogP contribution in [0.5, 0.6) is 0 Å². The molecule has 0 spiro atoms. The van der Waals surface area contributed by atoms with Gasteiger partial charge in [0.1, 0.15) is 5.82 Å². The quantitative estimate of drug-likeness (QED) is 0.328. The third-order valence-electron chi connectivity index (χ3n) is 4.66. The van der Waals surface area contributed by atoms with Crippen LogP contribution in [0.25, 0.3) is 22.6 Å². The van der Waals surface area contributed by atoms with Gasteiger partial charge in [-0.3, -0.25) is 4.72 Å². The number of carbonyl (C=O) groups is 1. The maximum absolute atomic E-state index is 11.8. The number of rotatable bonds is 8. The first-order chi connectivity index (χ1) is 16.4. The van der Waals surface area contributed by atoms with Crippen molar-refractivity contribution in [3.8, 4) is 22.6 Å². The van der Waals surface area contributed by atoms with Gasteiger partial charge in [-0.1, -0.05) is 32.4 Å². The summed E-state index contributed by atoms with van der Waals surface area (Å²) in [7, 11) is -2.20. The smallest absolute Gasteiger partial charge is 0.406 e. The normalized spacial score (nSPS) is 11.7. The number of halogens is 1. The molecule has 0 atom stereocenters. The molecule has 2 heterocycles. The first-order valence-corrected chi connectivity index (χ1v) is 12.9. The molecule has 0 aliphatic carbocycles. The van der Waals surface area contributed by atoms with Gasteiger partial charge >= 0.3 is 6.09 Å². The monoisotopic (exact) mass is 521 g/mol. The fourth-order valence-electron chi connectivity index (χ4n) is 3.12. The lowest BCUT2D eigenvalue weighted by Crippen LogP contribution is -2.28. The van der Waals surface area contributed by atoms with Crippen LogP contribution in [0.4, 0.5) is 16.4 Å². The number of benzene rings is 1. The number of nitrogens with zero attached hydrogens (tertiary/aromatic N) is 3. The Labute approximate surface area is 209 Å². The van der Waals surface area contributed by atoms with Gasteiger partial charge in [-0.2, -0.15) is 0 Å². The molecule has 188 valence electrons. The number of nitrogens with one attached hydrogen (secondary N) is 4. The Morgan fingerprint density at radius 2 is 1.91 bits per heavy atom. The lowest BCUT2D eigenvalue weighted by molar-refractivity contribution is 0.171. The van der Waals surface area contributed by atoms with Crippen molar-refractivity contribution in [3.05, 3.63) is 41.3 Å². The Bertz CT molecular complexity index is 1320. The average molecular weight is 522 g/mol. The van der Waals surface area contributed by atoms with Gasteiger partial charge in [0.15, 0.2) is 0 Å². The van der Waals surface area contributed by atoms with E-state index in [4.69, 9.17) is 16.6 Å². The largest absolute Gasteiger partial charge is 0.453 e. The van der Waals surface area contributed by atoms with E-state index < -0.39 is 16.1 Å². The fraction of sp³-hybridized carbons (Fsp3) is 0.364. The van der Waals surface area contributed by atoms with Gasteiger partial charge in [-0.05, 0) is 24.3 Å². The number of aromatic nitrogens is 4. The molecule has 0 aliphatic heterocycles. The molecule has 11 nitrogen and oxygen atoms in total. The zero-order valence-electron chi connectivity index (χ0n) is 20.1. The lowest BCUT2D eigenvalue weighted by atomic mass is 9.96. The van der Waals surface area contributed by atoms with E-state index >= 15 is 0 Å². The number of alkyl carbamates (subject to hydrolysis) is 1. The van der Waals surface area contributed by atoms with Gasteiger partial charge in [-0.25, -0.2) is 28.2 Å². The standard InChI is InChI=1S/C22H28ClN7O4S/c1-22(2,3)19-28-17(13-10-14(23)12-15(11-13)30-35(5,32)33)18(29-19)16-6-7-24-20(27-16)25-8-9-26-21(31)34-4/h6-7,10-12,30H,8-9H2,1-5H3,(H,26,31)(H,28,29)(H,24,25,27). The molecule has 3 aromatic rings. The van der Waals surface area contributed by atoms with Gasteiger partial charge in [0.05, 0.1) is 36.1 Å². The topological polar surface area (TPSA) is 151 Å². The number of carbonyl (C=O) groups excluding carboxylic acids is 1. The van der Waals surface area contributed by atoms with Crippen LogP contribution in [0.15, 0.2) is 30.5 Å². The summed E-state index contributed by atoms with van der Waals surface area (Å²) in [5, 5.41) is 5.97. The summed E-state index contributed by atoms with van der Waals surface area (Å²) in [4.78, 5) is 28.2. The van der Waals surface area contributed by atoms with Crippen LogP contribution in [0.2, 0.25) is 5.02 Å². The highest BCUT2D eigenvalue weighted by molar-refractivity contribution is 7.92. The molecular weight excluding hydrogens is 494 g/mol. The molecule has 2 aromatic heterocycles. The first-order valence-electron chi connectivity index (χ1n) is 10.6. The van der Waals surface area contributed by atoms with Crippen molar-refractivity contribution in [2.24, 2.45) is 0 Å². The molecule has 1 amide bonds. The van der Waals surface area contributed by atoms with Crippen LogP contribution in [0.1, 0.15) is 26.6 Å². The van der Waals surface area contributed by atoms with E-state index in [2.05, 4.69) is 35.0 Å². The van der Waals surface area contributed by atoms with Crippen LogP contribution < -0.4 is 15.4 Å². The number of hydrogen-bond acceptors (Lipinski definition) is 8. The molecule has 35 heavy (non-hydrogen) atoms. The number of imidazole rings is 1. The van der Waals surface area contributed by atoms with Gasteiger partial charge in [-0.15, -0.1) is 0 Å². The summed E-state index contributed by atoms with van der Waals surface area (Å²) in [6.07, 6.45) is 2.15. The zero-order chi connectivity index (χ0) is 25.8. The van der Waals surface area contributed by atoms with E-state index in [1.807, 2.05) is 20.8 Å². The van der Waals surface area contributed by atoms with Crippen molar-refractivity contribution >= 4 is 39.4 Å². The second kappa shape index (κ2) is 10.5. The van der Waals surface area contributed by atoms with Crippen LogP contribution in [-0.4, -0.2) is 60.9 Å². The number of ether oxygens (including phenoxy) is 1. The minimum Gasteiger partial charge on any atom is -0.453 e. The molecule has 4 N–H and O–H groups in total. The number of sulfonamides is 1. The number of H-pyrrole nitrogens is 1. The molecule has 13 heteroatoms. The van der Waals surface area contributed by atoms with Crippen LogP contribution in [0.3, 0.4) is 0 Å². The first kappa shape index (κ1) is 26.2. The van der Waals surface area contributed by atoms with E-state index in [-0.39, 0.29) is 5.41 Å². The van der Waals surface area contributed by atoms with Crippen molar-refractivity contribution in [2.75, 3.05) is 36.5 Å². The third-order valence-corrected chi connectivity index (χ3v) is 5.49. The molecule has 0 unspecified atom stereocenters. The van der Waals surface area contributed by atoms with Gasteiger partial charge < -0.3 is 20.4 Å². The maximum Gasteiger partial charge on any atom is 0.406 e. The highest BCUT2D eigenvalue weighted by Gasteiger charge is 2.24. The SMILES string of the molecule is COC(=O)NCCNc1nccc(-c2[nH]c(C(C)(C)C)nc2-c2cc(Cl)cc(NS(C)(=O)=O)c2)n1. The average Bonchev–Trinajstić information content (AvgIpc) is 3.21. The highest BCUT2D eigenvalue weighted by atomic mass is 35.5. The third kappa shape index (κ3) is 7.30. The van der Waals surface area contributed by atoms with Crippen molar-refractivity contribution < 1.29 is 17.9 Å². The van der Waals surface area contributed by atoms with E-state index in [0.717, 1.165) is 12.1 Å². The summed E-state index contributed by atoms with van der Waals surface area (Å²) < 4.78 is 30.5. The van der Waals surface area contributed by atoms with Crippen molar-refractivity contribution in [2.45, 2.75) is 26.2 Å². The molecule has 3 rings (SSSR count). The number of hydrogen-bond donors (Lipinski definition) is 4. The van der Waals surface area contributed by atoms with Gasteiger partial charge in [0, 0.05) is 35.3 Å². The molecule has 0 radical (unpaired) electrons. The second-order valence-electron chi connectivity index (χ2n) is 8.77. The molecule has 0 saturated carbocycles. The number of methoxy groups -OCH3 is 1. The summed E-state index contributed by atoms with van der Waals surface area (Å²) in [6.45, 7) is 6.78. The molecule has 0 saturated heterocycles. The second-order valence-corrected chi connectivity index (χ2v) is 11.0. The zero-order valence-corrected chi connectivity index (χ0v) is 21.6. The predicted octanol–water partition coefficient (Wildman–Crippen LogP) is 3.62. The van der Waals surface area contributed by atoms with Crippen LogP contribution >= 0.6 is 11.6 Å². The molecule has 1 aromatic carbocycles. The van der Waals surface area contributed by atoms with E-state index in [1.165, 1.54) is 13.2 Å². The Morgan fingerprint density at radius 1 is 1.17 bits per heavy atom. The van der Waals surface area contributed by atoms with Gasteiger partial charge in [0.25, 0.3) is 0 Å².